The average molecular weight is 314 g/mol. The second-order valence-electron chi connectivity index (χ2n) is 6.53. The van der Waals surface area contributed by atoms with Crippen molar-refractivity contribution in [3.63, 3.8) is 0 Å². The van der Waals surface area contributed by atoms with E-state index < -0.39 is 5.82 Å². The Labute approximate surface area is 136 Å². The SMILES string of the molecule is CC(C)(C)c1ccc(NCCC(=O)Nc2ccccc2F)cc1. The number of halogens is 1. The minimum absolute atomic E-state index is 0.123. The van der Waals surface area contributed by atoms with Crippen LogP contribution >= 0.6 is 0 Å². The maximum Gasteiger partial charge on any atom is 0.226 e. The van der Waals surface area contributed by atoms with E-state index in [9.17, 15) is 9.18 Å². The zero-order valence-electron chi connectivity index (χ0n) is 13.8. The number of amides is 1. The molecule has 0 heterocycles. The number of para-hydroxylation sites is 1. The fourth-order valence-corrected chi connectivity index (χ4v) is 2.18. The van der Waals surface area contributed by atoms with Gasteiger partial charge in [0.05, 0.1) is 5.69 Å². The molecule has 0 saturated heterocycles. The van der Waals surface area contributed by atoms with Crippen LogP contribution < -0.4 is 10.6 Å². The molecule has 0 aromatic heterocycles. The molecule has 0 unspecified atom stereocenters. The highest BCUT2D eigenvalue weighted by atomic mass is 19.1. The lowest BCUT2D eigenvalue weighted by Crippen LogP contribution is -2.17. The third-order valence-corrected chi connectivity index (χ3v) is 3.58. The van der Waals surface area contributed by atoms with Crippen molar-refractivity contribution in [2.45, 2.75) is 32.6 Å². The maximum absolute atomic E-state index is 13.4. The van der Waals surface area contributed by atoms with E-state index in [2.05, 4.69) is 43.5 Å². The lowest BCUT2D eigenvalue weighted by molar-refractivity contribution is -0.116. The molecule has 0 fully saturated rings. The van der Waals surface area contributed by atoms with Crippen LogP contribution in [0.1, 0.15) is 32.8 Å². The fourth-order valence-electron chi connectivity index (χ4n) is 2.18. The number of anilines is 2. The molecule has 0 aliphatic carbocycles. The second-order valence-corrected chi connectivity index (χ2v) is 6.53. The molecule has 2 aromatic carbocycles. The zero-order chi connectivity index (χ0) is 16.9. The average Bonchev–Trinajstić information content (AvgIpc) is 2.49. The Morgan fingerprint density at radius 1 is 1.04 bits per heavy atom. The molecule has 2 N–H and O–H groups in total. The normalized spacial score (nSPS) is 11.1. The lowest BCUT2D eigenvalue weighted by atomic mass is 9.87. The second kappa shape index (κ2) is 7.27. The summed E-state index contributed by atoms with van der Waals surface area (Å²) in [6.45, 7) is 7.00. The van der Waals surface area contributed by atoms with Gasteiger partial charge in [-0.2, -0.15) is 0 Å². The molecule has 2 rings (SSSR count). The summed E-state index contributed by atoms with van der Waals surface area (Å²) in [5.74, 6) is -0.638. The molecule has 3 nitrogen and oxygen atoms in total. The van der Waals surface area contributed by atoms with E-state index in [1.54, 1.807) is 18.2 Å². The van der Waals surface area contributed by atoms with Crippen LogP contribution in [0.5, 0.6) is 0 Å². The predicted octanol–water partition coefficient (Wildman–Crippen LogP) is 4.56. The van der Waals surface area contributed by atoms with Crippen LogP contribution in [0, 0.1) is 5.82 Å². The van der Waals surface area contributed by atoms with Gasteiger partial charge in [0.2, 0.25) is 5.91 Å². The van der Waals surface area contributed by atoms with Gasteiger partial charge >= 0.3 is 0 Å². The number of benzene rings is 2. The standard InChI is InChI=1S/C19H23FN2O/c1-19(2,3)14-8-10-15(11-9-14)21-13-12-18(23)22-17-7-5-4-6-16(17)20/h4-11,21H,12-13H2,1-3H3,(H,22,23). The molecule has 0 aliphatic heterocycles. The first-order valence-corrected chi connectivity index (χ1v) is 7.75. The summed E-state index contributed by atoms with van der Waals surface area (Å²) in [5, 5.41) is 5.77. The van der Waals surface area contributed by atoms with Gasteiger partial charge in [0.1, 0.15) is 5.82 Å². The van der Waals surface area contributed by atoms with E-state index in [1.807, 2.05) is 12.1 Å². The van der Waals surface area contributed by atoms with E-state index in [0.717, 1.165) is 5.69 Å². The predicted molar refractivity (Wildman–Crippen MR) is 93.3 cm³/mol. The molecule has 0 bridgehead atoms. The summed E-state index contributed by atoms with van der Waals surface area (Å²) in [6, 6.07) is 14.3. The molecule has 0 aliphatic rings. The number of hydrogen-bond acceptors (Lipinski definition) is 2. The molecular formula is C19H23FN2O. The number of nitrogens with one attached hydrogen (secondary N) is 2. The quantitative estimate of drug-likeness (QED) is 0.849. The smallest absolute Gasteiger partial charge is 0.226 e. The van der Waals surface area contributed by atoms with Crippen LogP contribution in [0.4, 0.5) is 15.8 Å². The van der Waals surface area contributed by atoms with Gasteiger partial charge in [0.25, 0.3) is 0 Å². The van der Waals surface area contributed by atoms with Crippen LogP contribution in [0.3, 0.4) is 0 Å². The van der Waals surface area contributed by atoms with Crippen LogP contribution in [0.2, 0.25) is 0 Å². The molecule has 1 amide bonds. The fraction of sp³-hybridized carbons (Fsp3) is 0.316. The van der Waals surface area contributed by atoms with Crippen LogP contribution in [0.25, 0.3) is 0 Å². The molecule has 0 saturated carbocycles. The first-order valence-electron chi connectivity index (χ1n) is 7.75. The summed E-state index contributed by atoms with van der Waals surface area (Å²) >= 11 is 0. The zero-order valence-corrected chi connectivity index (χ0v) is 13.8. The van der Waals surface area contributed by atoms with Crippen molar-refractivity contribution in [1.29, 1.82) is 0 Å². The summed E-state index contributed by atoms with van der Waals surface area (Å²) < 4.78 is 13.4. The highest BCUT2D eigenvalue weighted by molar-refractivity contribution is 5.91. The maximum atomic E-state index is 13.4. The molecule has 23 heavy (non-hydrogen) atoms. The molecule has 0 radical (unpaired) electrons. The Hall–Kier alpha value is -2.36. The van der Waals surface area contributed by atoms with Gasteiger partial charge in [-0.25, -0.2) is 4.39 Å². The number of carbonyl (C=O) groups excluding carboxylic acids is 1. The Morgan fingerprint density at radius 2 is 1.70 bits per heavy atom. The Bertz CT molecular complexity index is 660. The third kappa shape index (κ3) is 5.09. The molecular weight excluding hydrogens is 291 g/mol. The van der Waals surface area contributed by atoms with E-state index in [4.69, 9.17) is 0 Å². The van der Waals surface area contributed by atoms with E-state index in [-0.39, 0.29) is 23.4 Å². The lowest BCUT2D eigenvalue weighted by Gasteiger charge is -2.19. The first-order chi connectivity index (χ1) is 10.9. The van der Waals surface area contributed by atoms with Crippen LogP contribution in [0.15, 0.2) is 48.5 Å². The van der Waals surface area contributed by atoms with E-state index >= 15 is 0 Å². The van der Waals surface area contributed by atoms with Gasteiger partial charge in [-0.15, -0.1) is 0 Å². The number of carbonyl (C=O) groups is 1. The van der Waals surface area contributed by atoms with E-state index in [1.165, 1.54) is 11.6 Å². The highest BCUT2D eigenvalue weighted by Crippen LogP contribution is 2.23. The van der Waals surface area contributed by atoms with Crippen molar-refractivity contribution in [3.8, 4) is 0 Å². The minimum atomic E-state index is -0.424. The van der Waals surface area contributed by atoms with Crippen LogP contribution in [-0.2, 0) is 10.2 Å². The Balaban J connectivity index is 1.81. The van der Waals surface area contributed by atoms with Gasteiger partial charge in [0.15, 0.2) is 0 Å². The first kappa shape index (κ1) is 17.0. The number of hydrogen-bond donors (Lipinski definition) is 2. The van der Waals surface area contributed by atoms with Crippen molar-refractivity contribution in [1.82, 2.24) is 0 Å². The Kier molecular flexibility index (Phi) is 5.37. The molecule has 4 heteroatoms. The van der Waals surface area contributed by atoms with Crippen molar-refractivity contribution in [2.75, 3.05) is 17.2 Å². The number of rotatable bonds is 5. The minimum Gasteiger partial charge on any atom is -0.385 e. The summed E-state index contributed by atoms with van der Waals surface area (Å²) in [7, 11) is 0. The molecule has 122 valence electrons. The molecule has 2 aromatic rings. The van der Waals surface area contributed by atoms with Gasteiger partial charge < -0.3 is 10.6 Å². The van der Waals surface area contributed by atoms with E-state index in [0.29, 0.717) is 6.54 Å². The largest absolute Gasteiger partial charge is 0.385 e. The van der Waals surface area contributed by atoms with Crippen molar-refractivity contribution in [3.05, 3.63) is 59.9 Å². The Morgan fingerprint density at radius 3 is 2.30 bits per heavy atom. The summed E-state index contributed by atoms with van der Waals surface area (Å²) in [6.07, 6.45) is 0.273. The third-order valence-electron chi connectivity index (χ3n) is 3.58. The van der Waals surface area contributed by atoms with Crippen molar-refractivity contribution in [2.24, 2.45) is 0 Å². The van der Waals surface area contributed by atoms with Crippen LogP contribution in [-0.4, -0.2) is 12.5 Å². The topological polar surface area (TPSA) is 41.1 Å². The van der Waals surface area contributed by atoms with Crippen molar-refractivity contribution >= 4 is 17.3 Å². The summed E-state index contributed by atoms with van der Waals surface area (Å²) in [5.41, 5.74) is 2.57. The van der Waals surface area contributed by atoms with Gasteiger partial charge in [0, 0.05) is 18.7 Å². The van der Waals surface area contributed by atoms with Gasteiger partial charge in [-0.05, 0) is 35.2 Å². The van der Waals surface area contributed by atoms with Gasteiger partial charge in [-0.1, -0.05) is 45.0 Å². The highest BCUT2D eigenvalue weighted by Gasteiger charge is 2.12. The molecule has 0 atom stereocenters. The molecule has 0 spiro atoms. The van der Waals surface area contributed by atoms with Gasteiger partial charge in [-0.3, -0.25) is 4.79 Å². The van der Waals surface area contributed by atoms with Crippen molar-refractivity contribution < 1.29 is 9.18 Å². The monoisotopic (exact) mass is 314 g/mol. The summed E-state index contributed by atoms with van der Waals surface area (Å²) in [4.78, 5) is 11.8.